The van der Waals surface area contributed by atoms with E-state index in [-0.39, 0.29) is 42.3 Å². The Kier molecular flexibility index (Phi) is 5.25. The number of carbonyl (C=O) groups excluding carboxylic acids is 2. The molecule has 0 aliphatic carbocycles. The highest BCUT2D eigenvalue weighted by molar-refractivity contribution is 6.23. The van der Waals surface area contributed by atoms with E-state index in [0.717, 1.165) is 17.0 Å². The summed E-state index contributed by atoms with van der Waals surface area (Å²) in [5, 5.41) is 11.4. The van der Waals surface area contributed by atoms with Crippen molar-refractivity contribution >= 4 is 28.9 Å². The van der Waals surface area contributed by atoms with E-state index in [1.807, 2.05) is 4.90 Å². The molecule has 32 heavy (non-hydrogen) atoms. The van der Waals surface area contributed by atoms with Crippen molar-refractivity contribution in [1.82, 2.24) is 9.80 Å². The van der Waals surface area contributed by atoms with E-state index in [1.165, 1.54) is 6.07 Å². The third kappa shape index (κ3) is 3.73. The number of nitrogens with zero attached hydrogens (tertiary/aromatic N) is 4. The van der Waals surface area contributed by atoms with Crippen LogP contribution in [-0.2, 0) is 6.18 Å². The zero-order valence-corrected chi connectivity index (χ0v) is 16.6. The molecule has 0 atom stereocenters. The number of nitrogens with two attached hydrogens (primary N) is 1. The van der Waals surface area contributed by atoms with Gasteiger partial charge in [-0.3, -0.25) is 29.5 Å². The minimum atomic E-state index is -4.68. The Bertz CT molecular complexity index is 1110. The molecule has 1 fully saturated rings. The van der Waals surface area contributed by atoms with Crippen molar-refractivity contribution in [3.63, 3.8) is 0 Å². The number of nitro benzene ring substituents is 1. The van der Waals surface area contributed by atoms with Gasteiger partial charge >= 0.3 is 6.18 Å². The Labute approximate surface area is 179 Å². The van der Waals surface area contributed by atoms with Gasteiger partial charge in [0, 0.05) is 37.9 Å². The van der Waals surface area contributed by atoms with Gasteiger partial charge in [0.2, 0.25) is 0 Å². The van der Waals surface area contributed by atoms with E-state index >= 15 is 0 Å². The molecule has 2 aliphatic heterocycles. The van der Waals surface area contributed by atoms with Gasteiger partial charge in [-0.05, 0) is 24.3 Å². The maximum Gasteiger partial charge on any atom is 0.416 e. The lowest BCUT2D eigenvalue weighted by molar-refractivity contribution is -0.384. The molecule has 2 heterocycles. The number of rotatable bonds is 4. The number of anilines is 2. The summed E-state index contributed by atoms with van der Waals surface area (Å²) in [4.78, 5) is 40.3. The number of hydrogen-bond donors (Lipinski definition) is 1. The van der Waals surface area contributed by atoms with E-state index in [1.54, 1.807) is 17.0 Å². The van der Waals surface area contributed by atoms with Crippen molar-refractivity contribution < 1.29 is 27.7 Å². The number of fused-ring (bicyclic) bond motifs is 1. The van der Waals surface area contributed by atoms with Crippen molar-refractivity contribution in [3.8, 4) is 0 Å². The first-order valence-corrected chi connectivity index (χ1v) is 9.65. The summed E-state index contributed by atoms with van der Waals surface area (Å²) >= 11 is 0. The fourth-order valence-corrected chi connectivity index (χ4v) is 3.93. The summed E-state index contributed by atoms with van der Waals surface area (Å²) in [5.74, 6) is -0.929. The van der Waals surface area contributed by atoms with E-state index in [4.69, 9.17) is 5.73 Å². The Morgan fingerprint density at radius 1 is 1.03 bits per heavy atom. The van der Waals surface area contributed by atoms with Crippen LogP contribution in [0.3, 0.4) is 0 Å². The third-order valence-corrected chi connectivity index (χ3v) is 5.59. The SMILES string of the molecule is Nc1cccc2c1C(=O)N(CN1CCN(c3ccc(C(F)(F)F)cc3[N+](=O)[O-])CC1)C2=O. The molecule has 0 bridgehead atoms. The number of nitro groups is 1. The molecule has 2 N–H and O–H groups in total. The lowest BCUT2D eigenvalue weighted by atomic mass is 10.1. The molecule has 2 amide bonds. The molecule has 4 rings (SSSR count). The Morgan fingerprint density at radius 2 is 1.72 bits per heavy atom. The number of alkyl halides is 3. The Hall–Kier alpha value is -3.67. The van der Waals surface area contributed by atoms with Crippen LogP contribution in [-0.4, -0.2) is 59.4 Å². The fourth-order valence-electron chi connectivity index (χ4n) is 3.93. The molecule has 9 nitrogen and oxygen atoms in total. The second kappa shape index (κ2) is 7.79. The first-order valence-electron chi connectivity index (χ1n) is 9.65. The third-order valence-electron chi connectivity index (χ3n) is 5.59. The van der Waals surface area contributed by atoms with Crippen LogP contribution in [0.15, 0.2) is 36.4 Å². The average molecular weight is 449 g/mol. The van der Waals surface area contributed by atoms with Gasteiger partial charge in [-0.25, -0.2) is 0 Å². The Balaban J connectivity index is 1.46. The largest absolute Gasteiger partial charge is 0.416 e. The predicted octanol–water partition coefficient (Wildman–Crippen LogP) is 2.57. The van der Waals surface area contributed by atoms with E-state index < -0.39 is 34.2 Å². The van der Waals surface area contributed by atoms with Crippen molar-refractivity contribution in [1.29, 1.82) is 0 Å². The van der Waals surface area contributed by atoms with Crippen LogP contribution in [0.1, 0.15) is 26.3 Å². The first kappa shape index (κ1) is 21.6. The standard InChI is InChI=1S/C20H18F3N5O4/c21-20(22,23)12-4-5-15(16(10-12)28(31)32)26-8-6-25(7-9-26)11-27-18(29)13-2-1-3-14(24)17(13)19(27)30/h1-5,10H,6-9,11,24H2. The zero-order chi connectivity index (χ0) is 23.2. The van der Waals surface area contributed by atoms with Crippen LogP contribution in [0.4, 0.5) is 30.2 Å². The summed E-state index contributed by atoms with van der Waals surface area (Å²) in [7, 11) is 0. The molecule has 2 aromatic carbocycles. The van der Waals surface area contributed by atoms with Crippen molar-refractivity contribution in [2.24, 2.45) is 0 Å². The van der Waals surface area contributed by atoms with Gasteiger partial charge in [0.05, 0.1) is 28.3 Å². The molecule has 12 heteroatoms. The highest BCUT2D eigenvalue weighted by Crippen LogP contribution is 2.37. The summed E-state index contributed by atoms with van der Waals surface area (Å²) in [6, 6.07) is 7.13. The number of carbonyl (C=O) groups is 2. The lowest BCUT2D eigenvalue weighted by Crippen LogP contribution is -2.51. The maximum absolute atomic E-state index is 12.9. The molecule has 1 saturated heterocycles. The van der Waals surface area contributed by atoms with Crippen LogP contribution in [0.2, 0.25) is 0 Å². The summed E-state index contributed by atoms with van der Waals surface area (Å²) in [5.41, 5.74) is 4.87. The van der Waals surface area contributed by atoms with Crippen LogP contribution >= 0.6 is 0 Å². The maximum atomic E-state index is 12.9. The van der Waals surface area contributed by atoms with Gasteiger partial charge in [-0.2, -0.15) is 13.2 Å². The molecule has 2 aromatic rings. The molecule has 168 valence electrons. The van der Waals surface area contributed by atoms with Crippen LogP contribution in [0.5, 0.6) is 0 Å². The first-order chi connectivity index (χ1) is 15.1. The monoisotopic (exact) mass is 449 g/mol. The second-order valence-corrected chi connectivity index (χ2v) is 7.51. The molecule has 0 spiro atoms. The number of piperazine rings is 1. The normalized spacial score (nSPS) is 17.1. The van der Waals surface area contributed by atoms with Gasteiger partial charge in [0.25, 0.3) is 17.5 Å². The van der Waals surface area contributed by atoms with E-state index in [2.05, 4.69) is 0 Å². The van der Waals surface area contributed by atoms with Crippen molar-refractivity contribution in [2.75, 3.05) is 43.5 Å². The highest BCUT2D eigenvalue weighted by atomic mass is 19.4. The van der Waals surface area contributed by atoms with Gasteiger partial charge < -0.3 is 10.6 Å². The van der Waals surface area contributed by atoms with Gasteiger partial charge in [-0.1, -0.05) is 6.07 Å². The molecule has 2 aliphatic rings. The van der Waals surface area contributed by atoms with Gasteiger partial charge in [0.15, 0.2) is 0 Å². The summed E-state index contributed by atoms with van der Waals surface area (Å²) < 4.78 is 38.8. The molecule has 0 aromatic heterocycles. The highest BCUT2D eigenvalue weighted by Gasteiger charge is 2.39. The van der Waals surface area contributed by atoms with Gasteiger partial charge in [0.1, 0.15) is 5.69 Å². The van der Waals surface area contributed by atoms with Crippen molar-refractivity contribution in [3.05, 3.63) is 63.2 Å². The summed E-state index contributed by atoms with van der Waals surface area (Å²) in [6.07, 6.45) is -4.68. The molecule has 0 saturated carbocycles. The number of hydrogen-bond acceptors (Lipinski definition) is 7. The predicted molar refractivity (Wildman–Crippen MR) is 108 cm³/mol. The quantitative estimate of drug-likeness (QED) is 0.330. The molecule has 0 unspecified atom stereocenters. The van der Waals surface area contributed by atoms with E-state index in [9.17, 15) is 32.9 Å². The number of imide groups is 1. The van der Waals surface area contributed by atoms with Crippen LogP contribution < -0.4 is 10.6 Å². The lowest BCUT2D eigenvalue weighted by Gasteiger charge is -2.37. The minimum Gasteiger partial charge on any atom is -0.398 e. The number of benzene rings is 2. The zero-order valence-electron chi connectivity index (χ0n) is 16.6. The number of nitrogen functional groups attached to an aromatic ring is 1. The van der Waals surface area contributed by atoms with Gasteiger partial charge in [-0.15, -0.1) is 0 Å². The second-order valence-electron chi connectivity index (χ2n) is 7.51. The smallest absolute Gasteiger partial charge is 0.398 e. The molecule has 0 radical (unpaired) electrons. The van der Waals surface area contributed by atoms with Crippen LogP contribution in [0.25, 0.3) is 0 Å². The topological polar surface area (TPSA) is 113 Å². The molecular weight excluding hydrogens is 431 g/mol. The fraction of sp³-hybridized carbons (Fsp3) is 0.300. The van der Waals surface area contributed by atoms with Crippen molar-refractivity contribution in [2.45, 2.75) is 6.18 Å². The summed E-state index contributed by atoms with van der Waals surface area (Å²) in [6.45, 7) is 1.27. The molecular formula is C20H18F3N5O4. The Morgan fingerprint density at radius 3 is 2.31 bits per heavy atom. The van der Waals surface area contributed by atoms with Crippen LogP contribution in [0, 0.1) is 10.1 Å². The minimum absolute atomic E-state index is 0.0226. The number of amides is 2. The number of halogens is 3. The average Bonchev–Trinajstić information content (AvgIpc) is 2.99. The van der Waals surface area contributed by atoms with E-state index in [0.29, 0.717) is 19.2 Å².